The minimum absolute atomic E-state index is 0.0908. The van der Waals surface area contributed by atoms with Gasteiger partial charge in [0.05, 0.1) is 0 Å². The molecule has 0 bridgehead atoms. The quantitative estimate of drug-likeness (QED) is 0.370. The molecular formula is C26H26INO3. The van der Waals surface area contributed by atoms with Crippen molar-refractivity contribution in [1.29, 1.82) is 0 Å². The van der Waals surface area contributed by atoms with Crippen molar-refractivity contribution in [2.45, 2.75) is 46.1 Å². The molecule has 31 heavy (non-hydrogen) atoms. The summed E-state index contributed by atoms with van der Waals surface area (Å²) >= 11 is 2.29. The molecule has 2 aromatic rings. The molecule has 1 unspecified atom stereocenters. The molecule has 0 spiro atoms. The number of hydrogen-bond acceptors (Lipinski definition) is 4. The minimum atomic E-state index is -0.608. The molecule has 0 N–H and O–H groups in total. The molecule has 0 radical (unpaired) electrons. The number of benzene rings is 2. The number of ether oxygens (including phenoxy) is 1. The highest BCUT2D eigenvalue weighted by atomic mass is 127. The largest absolute Gasteiger partial charge is 0.460 e. The molecule has 5 heteroatoms. The molecule has 2 aromatic carbocycles. The van der Waals surface area contributed by atoms with E-state index in [1.807, 2.05) is 61.5 Å². The first-order valence-electron chi connectivity index (χ1n) is 10.5. The molecule has 1 aliphatic carbocycles. The highest BCUT2D eigenvalue weighted by molar-refractivity contribution is 14.1. The molecule has 0 saturated carbocycles. The fraction of sp³-hybridized carbons (Fsp3) is 0.346. The topological polar surface area (TPSA) is 55.7 Å². The van der Waals surface area contributed by atoms with E-state index in [0.29, 0.717) is 17.7 Å². The van der Waals surface area contributed by atoms with Crippen LogP contribution in [0.2, 0.25) is 0 Å². The van der Waals surface area contributed by atoms with Crippen molar-refractivity contribution in [3.05, 3.63) is 80.6 Å². The highest BCUT2D eigenvalue weighted by Crippen LogP contribution is 2.48. The zero-order chi connectivity index (χ0) is 22.2. The first kappa shape index (κ1) is 21.9. The second kappa shape index (κ2) is 8.69. The summed E-state index contributed by atoms with van der Waals surface area (Å²) in [5.74, 6) is -1.22. The second-order valence-corrected chi connectivity index (χ2v) is 10.3. The molecule has 0 aromatic heterocycles. The van der Waals surface area contributed by atoms with Crippen molar-refractivity contribution in [3.63, 3.8) is 0 Å². The van der Waals surface area contributed by atoms with Gasteiger partial charge in [-0.05, 0) is 58.5 Å². The van der Waals surface area contributed by atoms with Crippen LogP contribution in [0.25, 0.3) is 0 Å². The van der Waals surface area contributed by atoms with E-state index in [0.717, 1.165) is 26.8 Å². The standard InChI is InChI=1S/C26H26INO3/c1-16-22(25(30)31-15-17-9-5-4-6-10-17)23(18-11-7-8-12-19(18)27)24-20(28-16)13-26(2,3)14-21(24)29/h4-12,22-23H,13-15H2,1-3H3/t22?,23-/m1/s1. The number of ketones is 1. The molecule has 2 aliphatic rings. The maximum Gasteiger partial charge on any atom is 0.315 e. The Morgan fingerprint density at radius 1 is 1.10 bits per heavy atom. The van der Waals surface area contributed by atoms with Gasteiger partial charge in [-0.25, -0.2) is 0 Å². The Hall–Kier alpha value is -2.28. The molecule has 0 fully saturated rings. The lowest BCUT2D eigenvalue weighted by Crippen LogP contribution is -2.39. The molecule has 160 valence electrons. The van der Waals surface area contributed by atoms with Crippen molar-refractivity contribution in [2.75, 3.05) is 0 Å². The second-order valence-electron chi connectivity index (χ2n) is 9.12. The number of esters is 1. The smallest absolute Gasteiger partial charge is 0.315 e. The minimum Gasteiger partial charge on any atom is -0.460 e. The van der Waals surface area contributed by atoms with Crippen molar-refractivity contribution >= 4 is 40.1 Å². The number of hydrogen-bond donors (Lipinski definition) is 0. The zero-order valence-electron chi connectivity index (χ0n) is 18.0. The van der Waals surface area contributed by atoms with Gasteiger partial charge < -0.3 is 4.74 Å². The van der Waals surface area contributed by atoms with Crippen LogP contribution >= 0.6 is 22.6 Å². The predicted molar refractivity (Wildman–Crippen MR) is 130 cm³/mol. The Morgan fingerprint density at radius 2 is 1.77 bits per heavy atom. The fourth-order valence-corrected chi connectivity index (χ4v) is 5.36. The lowest BCUT2D eigenvalue weighted by atomic mass is 9.67. The van der Waals surface area contributed by atoms with E-state index >= 15 is 0 Å². The first-order chi connectivity index (χ1) is 14.8. The maximum absolute atomic E-state index is 13.3. The lowest BCUT2D eigenvalue weighted by molar-refractivity contribution is -0.148. The molecule has 1 heterocycles. The summed E-state index contributed by atoms with van der Waals surface area (Å²) in [6.07, 6.45) is 1.20. The summed E-state index contributed by atoms with van der Waals surface area (Å²) in [6, 6.07) is 17.6. The maximum atomic E-state index is 13.3. The fourth-order valence-electron chi connectivity index (χ4n) is 4.63. The SMILES string of the molecule is CC1=NC2=C(C(=O)CC(C)(C)C2)[C@H](c2ccccc2I)C1C(=O)OCc1ccccc1. The van der Waals surface area contributed by atoms with E-state index in [9.17, 15) is 9.59 Å². The molecule has 0 saturated heterocycles. The van der Waals surface area contributed by atoms with Crippen LogP contribution in [0, 0.1) is 14.9 Å². The third kappa shape index (κ3) is 4.52. The molecule has 1 aliphatic heterocycles. The van der Waals surface area contributed by atoms with E-state index in [2.05, 4.69) is 36.4 Å². The van der Waals surface area contributed by atoms with Gasteiger partial charge in [0.15, 0.2) is 5.78 Å². The first-order valence-corrected chi connectivity index (χ1v) is 11.6. The predicted octanol–water partition coefficient (Wildman–Crippen LogP) is 5.85. The Morgan fingerprint density at radius 3 is 2.48 bits per heavy atom. The average Bonchev–Trinajstić information content (AvgIpc) is 2.71. The van der Waals surface area contributed by atoms with Crippen LogP contribution in [0.1, 0.15) is 50.7 Å². The van der Waals surface area contributed by atoms with Crippen LogP contribution in [0.5, 0.6) is 0 Å². The number of allylic oxidation sites excluding steroid dienone is 2. The van der Waals surface area contributed by atoms with Gasteiger partial charge in [-0.1, -0.05) is 62.4 Å². The Kier molecular flexibility index (Phi) is 6.15. The van der Waals surface area contributed by atoms with Crippen LogP contribution in [0.4, 0.5) is 0 Å². The van der Waals surface area contributed by atoms with Gasteiger partial charge in [0.2, 0.25) is 0 Å². The number of rotatable bonds is 4. The van der Waals surface area contributed by atoms with Gasteiger partial charge in [0, 0.05) is 32.9 Å². The van der Waals surface area contributed by atoms with Gasteiger partial charge >= 0.3 is 5.97 Å². The number of carbonyl (C=O) groups is 2. The van der Waals surface area contributed by atoms with Gasteiger partial charge in [-0.3, -0.25) is 14.6 Å². The zero-order valence-corrected chi connectivity index (χ0v) is 20.2. The Balaban J connectivity index is 1.75. The van der Waals surface area contributed by atoms with Gasteiger partial charge in [-0.15, -0.1) is 0 Å². The lowest BCUT2D eigenvalue weighted by Gasteiger charge is -2.39. The van der Waals surface area contributed by atoms with Crippen molar-refractivity contribution in [2.24, 2.45) is 16.3 Å². The van der Waals surface area contributed by atoms with Crippen LogP contribution in [-0.4, -0.2) is 17.5 Å². The number of nitrogens with zero attached hydrogens (tertiary/aromatic N) is 1. The number of Topliss-reactive ketones (excluding diaryl/α,β-unsaturated/α-hetero) is 1. The van der Waals surface area contributed by atoms with Crippen LogP contribution < -0.4 is 0 Å². The van der Waals surface area contributed by atoms with E-state index in [1.54, 1.807) is 0 Å². The monoisotopic (exact) mass is 527 g/mol. The van der Waals surface area contributed by atoms with E-state index < -0.39 is 5.92 Å². The Bertz CT molecular complexity index is 1080. The van der Waals surface area contributed by atoms with Crippen LogP contribution in [0.15, 0.2) is 70.9 Å². The van der Waals surface area contributed by atoms with E-state index in [4.69, 9.17) is 9.73 Å². The van der Waals surface area contributed by atoms with Crippen molar-refractivity contribution in [1.82, 2.24) is 0 Å². The summed E-state index contributed by atoms with van der Waals surface area (Å²) in [5, 5.41) is 0. The van der Waals surface area contributed by atoms with Crippen LogP contribution in [0.3, 0.4) is 0 Å². The van der Waals surface area contributed by atoms with Crippen LogP contribution in [-0.2, 0) is 20.9 Å². The summed E-state index contributed by atoms with van der Waals surface area (Å²) in [7, 11) is 0. The van der Waals surface area contributed by atoms with E-state index in [1.165, 1.54) is 0 Å². The summed E-state index contributed by atoms with van der Waals surface area (Å²) in [6.45, 7) is 6.28. The molecule has 4 nitrogen and oxygen atoms in total. The van der Waals surface area contributed by atoms with Gasteiger partial charge in [-0.2, -0.15) is 0 Å². The molecule has 2 atom stereocenters. The third-order valence-electron chi connectivity index (χ3n) is 6.02. The Labute approximate surface area is 196 Å². The van der Waals surface area contributed by atoms with Crippen molar-refractivity contribution < 1.29 is 14.3 Å². The summed E-state index contributed by atoms with van der Waals surface area (Å²) in [5.41, 5.74) is 4.02. The number of carbonyl (C=O) groups excluding carboxylic acids is 2. The van der Waals surface area contributed by atoms with E-state index in [-0.39, 0.29) is 29.7 Å². The molecular weight excluding hydrogens is 501 g/mol. The number of aliphatic imine (C=N–C) groups is 1. The van der Waals surface area contributed by atoms with Gasteiger partial charge in [0.25, 0.3) is 0 Å². The van der Waals surface area contributed by atoms with Crippen molar-refractivity contribution in [3.8, 4) is 0 Å². The summed E-state index contributed by atoms with van der Waals surface area (Å²) in [4.78, 5) is 31.4. The normalized spacial score (nSPS) is 22.6. The molecule has 4 rings (SSSR count). The average molecular weight is 527 g/mol. The third-order valence-corrected chi connectivity index (χ3v) is 7.00. The molecule has 0 amide bonds. The summed E-state index contributed by atoms with van der Waals surface area (Å²) < 4.78 is 6.76. The number of halogens is 1. The van der Waals surface area contributed by atoms with Gasteiger partial charge in [0.1, 0.15) is 12.5 Å². The highest BCUT2D eigenvalue weighted by Gasteiger charge is 2.46.